The van der Waals surface area contributed by atoms with E-state index in [9.17, 15) is 30.8 Å². The summed E-state index contributed by atoms with van der Waals surface area (Å²) in [7, 11) is -4.47. The number of rotatable bonds is 6. The maximum atomic E-state index is 13.4. The molecule has 1 N–H and O–H groups in total. The third-order valence-electron chi connectivity index (χ3n) is 4.64. The van der Waals surface area contributed by atoms with Gasteiger partial charge in [0, 0.05) is 5.69 Å². The lowest BCUT2D eigenvalue weighted by Crippen LogP contribution is -2.38. The van der Waals surface area contributed by atoms with Crippen molar-refractivity contribution in [2.45, 2.75) is 18.0 Å². The molecule has 0 fully saturated rings. The Morgan fingerprint density at radius 2 is 1.62 bits per heavy atom. The fourth-order valence-electron chi connectivity index (χ4n) is 2.94. The summed E-state index contributed by atoms with van der Waals surface area (Å²) in [6.07, 6.45) is -4.86. The van der Waals surface area contributed by atoms with Crippen molar-refractivity contribution in [2.75, 3.05) is 16.2 Å². The Labute approximate surface area is 203 Å². The van der Waals surface area contributed by atoms with Gasteiger partial charge in [-0.2, -0.15) is 13.2 Å². The van der Waals surface area contributed by atoms with E-state index in [0.29, 0.717) is 10.4 Å². The first kappa shape index (κ1) is 25.8. The average Bonchev–Trinajstić information content (AvgIpc) is 2.74. The largest absolute Gasteiger partial charge is 0.417 e. The summed E-state index contributed by atoms with van der Waals surface area (Å²) in [6, 6.07) is 11.4. The molecule has 0 spiro atoms. The molecule has 0 heterocycles. The lowest BCUT2D eigenvalue weighted by Gasteiger charge is -2.25. The number of anilines is 2. The van der Waals surface area contributed by atoms with Crippen LogP contribution in [0.25, 0.3) is 0 Å². The minimum atomic E-state index is -4.86. The number of hydrogen-bond acceptors (Lipinski definition) is 3. The number of nitrogens with one attached hydrogen (secondary N) is 1. The molecule has 3 rings (SSSR count). The molecule has 5 nitrogen and oxygen atoms in total. The SMILES string of the molecule is Cc1ccc(S(=O)(=O)N(CC(=O)Nc2ccc(F)c(Cl)c2)c2ccc(Cl)c(C(F)(F)F)c2)cc1. The van der Waals surface area contributed by atoms with Crippen LogP contribution >= 0.6 is 23.2 Å². The summed E-state index contributed by atoms with van der Waals surface area (Å²) >= 11 is 11.4. The molecule has 0 atom stereocenters. The van der Waals surface area contributed by atoms with Crippen LogP contribution in [-0.2, 0) is 21.0 Å². The van der Waals surface area contributed by atoms with Crippen LogP contribution in [0.15, 0.2) is 65.6 Å². The zero-order valence-corrected chi connectivity index (χ0v) is 19.7. The molecule has 180 valence electrons. The fraction of sp³-hybridized carbons (Fsp3) is 0.136. The Morgan fingerprint density at radius 1 is 0.971 bits per heavy atom. The predicted molar refractivity (Wildman–Crippen MR) is 122 cm³/mol. The molecule has 3 aromatic rings. The standard InChI is InChI=1S/C22H16Cl2F4N2O3S/c1-13-2-6-16(7-3-13)34(32,33)30(15-5-8-18(23)17(11-15)22(26,27)28)12-21(31)29-14-4-9-20(25)19(24)10-14/h2-11H,12H2,1H3,(H,29,31). The van der Waals surface area contributed by atoms with E-state index < -0.39 is 50.7 Å². The Bertz CT molecular complexity index is 1330. The van der Waals surface area contributed by atoms with Crippen LogP contribution in [0, 0.1) is 12.7 Å². The van der Waals surface area contributed by atoms with Crippen molar-refractivity contribution in [1.29, 1.82) is 0 Å². The molecule has 0 radical (unpaired) electrons. The van der Waals surface area contributed by atoms with E-state index in [2.05, 4.69) is 5.32 Å². The van der Waals surface area contributed by atoms with Crippen molar-refractivity contribution in [3.63, 3.8) is 0 Å². The topological polar surface area (TPSA) is 66.5 Å². The predicted octanol–water partition coefficient (Wildman–Crippen LogP) is 6.29. The van der Waals surface area contributed by atoms with Gasteiger partial charge in [-0.1, -0.05) is 40.9 Å². The van der Waals surface area contributed by atoms with E-state index in [0.717, 1.165) is 29.8 Å². The Balaban J connectivity index is 2.04. The summed E-state index contributed by atoms with van der Waals surface area (Å²) in [5, 5.41) is 1.44. The molecule has 0 aliphatic rings. The lowest BCUT2D eigenvalue weighted by molar-refractivity contribution is -0.137. The first-order chi connectivity index (χ1) is 15.8. The summed E-state index contributed by atoms with van der Waals surface area (Å²) < 4.78 is 80.8. The molecule has 0 aliphatic carbocycles. The van der Waals surface area contributed by atoms with Crippen LogP contribution in [0.2, 0.25) is 10.0 Å². The molecular weight excluding hydrogens is 519 g/mol. The highest BCUT2D eigenvalue weighted by Gasteiger charge is 2.35. The van der Waals surface area contributed by atoms with E-state index in [1.54, 1.807) is 6.92 Å². The number of carbonyl (C=O) groups excluding carboxylic acids is 1. The van der Waals surface area contributed by atoms with Crippen molar-refractivity contribution in [1.82, 2.24) is 0 Å². The van der Waals surface area contributed by atoms with E-state index in [4.69, 9.17) is 23.2 Å². The summed E-state index contributed by atoms with van der Waals surface area (Å²) in [5.41, 5.74) is -0.871. The minimum Gasteiger partial charge on any atom is -0.324 e. The molecule has 12 heteroatoms. The number of sulfonamides is 1. The summed E-state index contributed by atoms with van der Waals surface area (Å²) in [6.45, 7) is 0.842. The zero-order valence-electron chi connectivity index (χ0n) is 17.3. The molecular formula is C22H16Cl2F4N2O3S. The van der Waals surface area contributed by atoms with Crippen LogP contribution in [0.3, 0.4) is 0 Å². The molecule has 0 aliphatic heterocycles. The number of benzene rings is 3. The fourth-order valence-corrected chi connectivity index (χ4v) is 4.76. The van der Waals surface area contributed by atoms with E-state index >= 15 is 0 Å². The maximum Gasteiger partial charge on any atom is 0.417 e. The van der Waals surface area contributed by atoms with Gasteiger partial charge in [-0.25, -0.2) is 12.8 Å². The monoisotopic (exact) mass is 534 g/mol. The molecule has 1 amide bonds. The van der Waals surface area contributed by atoms with Gasteiger partial charge in [-0.15, -0.1) is 0 Å². The zero-order chi connectivity index (χ0) is 25.3. The van der Waals surface area contributed by atoms with Crippen LogP contribution in [0.1, 0.15) is 11.1 Å². The van der Waals surface area contributed by atoms with Gasteiger partial charge in [0.05, 0.1) is 26.2 Å². The van der Waals surface area contributed by atoms with Gasteiger partial charge in [0.15, 0.2) is 0 Å². The molecule has 3 aromatic carbocycles. The average molecular weight is 535 g/mol. The molecule has 0 unspecified atom stereocenters. The number of hydrogen-bond donors (Lipinski definition) is 1. The third-order valence-corrected chi connectivity index (χ3v) is 7.05. The van der Waals surface area contributed by atoms with Crippen molar-refractivity contribution in [3.8, 4) is 0 Å². The minimum absolute atomic E-state index is 0.0659. The lowest BCUT2D eigenvalue weighted by atomic mass is 10.2. The number of nitrogens with zero attached hydrogens (tertiary/aromatic N) is 1. The highest BCUT2D eigenvalue weighted by molar-refractivity contribution is 7.92. The van der Waals surface area contributed by atoms with Crippen LogP contribution in [0.4, 0.5) is 28.9 Å². The quantitative estimate of drug-likeness (QED) is 0.377. The number of alkyl halides is 3. The van der Waals surface area contributed by atoms with Crippen molar-refractivity contribution < 1.29 is 30.8 Å². The van der Waals surface area contributed by atoms with Crippen LogP contribution in [0.5, 0.6) is 0 Å². The van der Waals surface area contributed by atoms with Gasteiger partial charge in [-0.05, 0) is 55.5 Å². The number of amides is 1. The molecule has 0 aromatic heterocycles. The Morgan fingerprint density at radius 3 is 2.21 bits per heavy atom. The maximum absolute atomic E-state index is 13.4. The van der Waals surface area contributed by atoms with E-state index in [1.165, 1.54) is 30.3 Å². The molecule has 0 saturated carbocycles. The van der Waals surface area contributed by atoms with Crippen LogP contribution < -0.4 is 9.62 Å². The first-order valence-corrected chi connectivity index (χ1v) is 11.7. The third kappa shape index (κ3) is 5.81. The van der Waals surface area contributed by atoms with E-state index in [-0.39, 0.29) is 15.6 Å². The van der Waals surface area contributed by atoms with Crippen LogP contribution in [-0.4, -0.2) is 20.9 Å². The number of aryl methyl sites for hydroxylation is 1. The highest BCUT2D eigenvalue weighted by atomic mass is 35.5. The van der Waals surface area contributed by atoms with Crippen molar-refractivity contribution >= 4 is 50.5 Å². The molecule has 0 saturated heterocycles. The summed E-state index contributed by atoms with van der Waals surface area (Å²) in [4.78, 5) is 12.4. The van der Waals surface area contributed by atoms with Gasteiger partial charge < -0.3 is 5.32 Å². The van der Waals surface area contributed by atoms with Crippen molar-refractivity contribution in [3.05, 3.63) is 87.7 Å². The molecule has 34 heavy (non-hydrogen) atoms. The highest BCUT2D eigenvalue weighted by Crippen LogP contribution is 2.38. The second-order valence-electron chi connectivity index (χ2n) is 7.16. The van der Waals surface area contributed by atoms with Gasteiger partial charge in [0.25, 0.3) is 10.0 Å². The van der Waals surface area contributed by atoms with E-state index in [1.807, 2.05) is 0 Å². The van der Waals surface area contributed by atoms with Gasteiger partial charge in [0.2, 0.25) is 5.91 Å². The van der Waals surface area contributed by atoms with Gasteiger partial charge >= 0.3 is 6.18 Å². The normalized spacial score (nSPS) is 11.9. The van der Waals surface area contributed by atoms with Crippen molar-refractivity contribution in [2.24, 2.45) is 0 Å². The Kier molecular flexibility index (Phi) is 7.44. The van der Waals surface area contributed by atoms with Gasteiger partial charge in [0.1, 0.15) is 12.4 Å². The number of carbonyl (C=O) groups is 1. The second kappa shape index (κ2) is 9.81. The second-order valence-corrected chi connectivity index (χ2v) is 9.84. The molecule has 0 bridgehead atoms. The van der Waals surface area contributed by atoms with Gasteiger partial charge in [-0.3, -0.25) is 9.10 Å². The Hall–Kier alpha value is -2.82. The smallest absolute Gasteiger partial charge is 0.324 e. The first-order valence-electron chi connectivity index (χ1n) is 9.50. The number of halogens is 6. The summed E-state index contributed by atoms with van der Waals surface area (Å²) in [5.74, 6) is -1.63.